The highest BCUT2D eigenvalue weighted by atomic mass is 32.2. The number of nitrogens with zero attached hydrogens (tertiary/aromatic N) is 2. The molecular formula is C34H54N4O8S2. The van der Waals surface area contributed by atoms with Crippen molar-refractivity contribution in [3.05, 3.63) is 36.4 Å². The lowest BCUT2D eigenvalue weighted by atomic mass is 10.1. The van der Waals surface area contributed by atoms with E-state index in [4.69, 9.17) is 29.3 Å². The number of carboxylic acid groups (broad SMARTS) is 2. The van der Waals surface area contributed by atoms with E-state index in [0.717, 1.165) is 55.4 Å². The van der Waals surface area contributed by atoms with Crippen molar-refractivity contribution in [1.82, 2.24) is 19.9 Å². The molecule has 0 saturated carbocycles. The Kier molecular flexibility index (Phi) is 24.6. The fraction of sp³-hybridized carbons (Fsp3) is 0.529. The smallest absolute Gasteiger partial charge is 0.414 e. The second-order valence-electron chi connectivity index (χ2n) is 10.7. The van der Waals surface area contributed by atoms with Crippen LogP contribution in [0.4, 0.5) is 0 Å². The third-order valence-electron chi connectivity index (χ3n) is 6.99. The van der Waals surface area contributed by atoms with Crippen LogP contribution >= 0.6 is 23.5 Å². The van der Waals surface area contributed by atoms with Gasteiger partial charge in [-0.3, -0.25) is 0 Å². The van der Waals surface area contributed by atoms with Crippen LogP contribution in [0.1, 0.15) is 90.9 Å². The van der Waals surface area contributed by atoms with Crippen LogP contribution in [0.25, 0.3) is 22.1 Å². The van der Waals surface area contributed by atoms with E-state index in [-0.39, 0.29) is 11.0 Å². The molecule has 0 saturated heterocycles. The molecular weight excluding hydrogens is 657 g/mol. The average molecular weight is 711 g/mol. The number of aliphatic carboxylic acids is 2. The van der Waals surface area contributed by atoms with Crippen molar-refractivity contribution in [2.45, 2.75) is 101 Å². The van der Waals surface area contributed by atoms with Gasteiger partial charge in [0.25, 0.3) is 0 Å². The highest BCUT2D eigenvalue weighted by molar-refractivity contribution is 7.99. The van der Waals surface area contributed by atoms with E-state index in [9.17, 15) is 0 Å². The summed E-state index contributed by atoms with van der Waals surface area (Å²) in [6, 6.07) is 11.9. The summed E-state index contributed by atoms with van der Waals surface area (Å²) in [5.74, 6) is 0.374. The van der Waals surface area contributed by atoms with Gasteiger partial charge in [0, 0.05) is 23.6 Å². The highest BCUT2D eigenvalue weighted by Crippen LogP contribution is 2.25. The number of unbranched alkanes of at least 4 members (excludes halogenated alkanes) is 10. The van der Waals surface area contributed by atoms with Crippen molar-refractivity contribution in [3.63, 3.8) is 0 Å². The molecule has 14 heteroatoms. The average Bonchev–Trinajstić information content (AvgIpc) is 3.66. The lowest BCUT2D eigenvalue weighted by molar-refractivity contribution is -0.159. The van der Waals surface area contributed by atoms with Crippen LogP contribution in [-0.2, 0) is 9.59 Å². The van der Waals surface area contributed by atoms with Crippen LogP contribution in [0.5, 0.6) is 11.5 Å². The number of aromatic nitrogens is 4. The fourth-order valence-corrected chi connectivity index (χ4v) is 6.20. The molecule has 0 amide bonds. The molecule has 2 aromatic heterocycles. The number of hydrogen-bond acceptors (Lipinski definition) is 8. The van der Waals surface area contributed by atoms with Crippen LogP contribution in [0.2, 0.25) is 0 Å². The number of rotatable bonds is 18. The van der Waals surface area contributed by atoms with E-state index in [1.54, 1.807) is 14.2 Å². The normalized spacial score (nSPS) is 10.2. The third kappa shape index (κ3) is 17.6. The van der Waals surface area contributed by atoms with Crippen molar-refractivity contribution in [1.29, 1.82) is 0 Å². The van der Waals surface area contributed by atoms with Gasteiger partial charge in [0.15, 0.2) is 10.3 Å². The van der Waals surface area contributed by atoms with E-state index < -0.39 is 11.9 Å². The number of H-pyrrole nitrogens is 2. The van der Waals surface area contributed by atoms with E-state index in [0.29, 0.717) is 0 Å². The maximum Gasteiger partial charge on any atom is 0.414 e. The Bertz CT molecular complexity index is 1340. The van der Waals surface area contributed by atoms with Crippen LogP contribution in [0.15, 0.2) is 46.7 Å². The summed E-state index contributed by atoms with van der Waals surface area (Å²) >= 11 is 3.63. The Morgan fingerprint density at radius 2 is 0.979 bits per heavy atom. The molecule has 12 nitrogen and oxygen atoms in total. The Balaban J connectivity index is 0.000000761. The molecule has 270 valence electrons. The van der Waals surface area contributed by atoms with Crippen molar-refractivity contribution in [3.8, 4) is 11.5 Å². The molecule has 2 heterocycles. The molecule has 0 radical (unpaired) electrons. The summed E-state index contributed by atoms with van der Waals surface area (Å²) < 4.78 is 10.4. The number of benzene rings is 2. The summed E-state index contributed by atoms with van der Waals surface area (Å²) in [6.07, 6.45) is 16.1. The molecule has 0 fully saturated rings. The van der Waals surface area contributed by atoms with Gasteiger partial charge < -0.3 is 40.6 Å². The molecule has 8 N–H and O–H groups in total. The molecule has 4 aromatic rings. The van der Waals surface area contributed by atoms with E-state index in [2.05, 4.69) is 33.8 Å². The zero-order chi connectivity index (χ0) is 33.6. The van der Waals surface area contributed by atoms with Crippen LogP contribution in [0.3, 0.4) is 0 Å². The van der Waals surface area contributed by atoms with Crippen LogP contribution in [0, 0.1) is 0 Å². The number of aromatic amines is 2. The maximum absolute atomic E-state index is 9.10. The molecule has 0 bridgehead atoms. The number of imidazole rings is 2. The number of ether oxygens (including phenoxy) is 2. The monoisotopic (exact) mass is 710 g/mol. The highest BCUT2D eigenvalue weighted by Gasteiger charge is 2.06. The minimum atomic E-state index is -1.82. The molecule has 48 heavy (non-hydrogen) atoms. The zero-order valence-electron chi connectivity index (χ0n) is 28.6. The van der Waals surface area contributed by atoms with Gasteiger partial charge in [-0.25, -0.2) is 19.6 Å². The van der Waals surface area contributed by atoms with E-state index in [1.807, 2.05) is 59.9 Å². The topological polar surface area (TPSA) is 213 Å². The Morgan fingerprint density at radius 1 is 0.625 bits per heavy atom. The standard InChI is InChI=1S/2C16H24N2OS.C2H2O4.2H2O/c2*1-3-4-5-6-7-8-11-20-16-17-14-10-9-13(19-2)12-15(14)18-16;3-1(4)2(5)6;;/h2*9-10,12H,3-8,11H2,1-2H3,(H,17,18);(H,3,4)(H,5,6);2*1H2. The second kappa shape index (κ2) is 26.5. The molecule has 2 aromatic carbocycles. The molecule has 0 atom stereocenters. The molecule has 0 unspecified atom stereocenters. The number of methoxy groups -OCH3 is 2. The van der Waals surface area contributed by atoms with E-state index >= 15 is 0 Å². The molecule has 0 aliphatic rings. The first kappa shape index (κ1) is 44.5. The Labute approximate surface area is 291 Å². The summed E-state index contributed by atoms with van der Waals surface area (Å²) in [6.45, 7) is 4.51. The Hall–Kier alpha value is -3.46. The second-order valence-corrected chi connectivity index (χ2v) is 12.9. The first-order valence-electron chi connectivity index (χ1n) is 16.1. The van der Waals surface area contributed by atoms with Crippen LogP contribution in [-0.4, -0.2) is 78.8 Å². The first-order chi connectivity index (χ1) is 22.3. The molecule has 0 aliphatic heterocycles. The Morgan fingerprint density at radius 3 is 1.31 bits per heavy atom. The third-order valence-corrected chi connectivity index (χ3v) is 8.91. The molecule has 0 aliphatic carbocycles. The van der Waals surface area contributed by atoms with Crippen molar-refractivity contribution in [2.24, 2.45) is 0 Å². The van der Waals surface area contributed by atoms with Gasteiger partial charge in [0.05, 0.1) is 36.3 Å². The zero-order valence-corrected chi connectivity index (χ0v) is 30.2. The number of fused-ring (bicyclic) bond motifs is 2. The summed E-state index contributed by atoms with van der Waals surface area (Å²) in [5, 5.41) is 16.8. The quantitative estimate of drug-likeness (QED) is 0.0452. The lowest BCUT2D eigenvalue weighted by Crippen LogP contribution is -2.09. The minimum Gasteiger partial charge on any atom is -0.497 e. The predicted molar refractivity (Wildman–Crippen MR) is 196 cm³/mol. The number of nitrogens with one attached hydrogen (secondary N) is 2. The number of carbonyl (C=O) groups is 2. The number of carboxylic acids is 2. The summed E-state index contributed by atoms with van der Waals surface area (Å²) in [4.78, 5) is 34.1. The number of thioether (sulfide) groups is 2. The van der Waals surface area contributed by atoms with Gasteiger partial charge >= 0.3 is 11.9 Å². The summed E-state index contributed by atoms with van der Waals surface area (Å²) in [5.41, 5.74) is 4.12. The van der Waals surface area contributed by atoms with Gasteiger partial charge in [0.1, 0.15) is 11.5 Å². The summed E-state index contributed by atoms with van der Waals surface area (Å²) in [7, 11) is 3.37. The SMILES string of the molecule is CCCCCCCCSc1nc2ccc(OC)cc2[nH]1.CCCCCCCCSc1nc2ccc(OC)cc2[nH]1.O.O.O=C(O)C(=O)O. The largest absolute Gasteiger partial charge is 0.497 e. The first-order valence-corrected chi connectivity index (χ1v) is 18.1. The predicted octanol–water partition coefficient (Wildman–Crippen LogP) is 7.55. The van der Waals surface area contributed by atoms with Gasteiger partial charge in [-0.15, -0.1) is 0 Å². The van der Waals surface area contributed by atoms with E-state index in [1.165, 1.54) is 77.0 Å². The van der Waals surface area contributed by atoms with Gasteiger partial charge in [-0.2, -0.15) is 0 Å². The number of hydrogen-bond donors (Lipinski definition) is 4. The molecule has 0 spiro atoms. The van der Waals surface area contributed by atoms with Crippen molar-refractivity contribution < 1.29 is 40.2 Å². The van der Waals surface area contributed by atoms with Gasteiger partial charge in [-0.05, 0) is 37.1 Å². The van der Waals surface area contributed by atoms with Crippen molar-refractivity contribution in [2.75, 3.05) is 25.7 Å². The van der Waals surface area contributed by atoms with Gasteiger partial charge in [-0.1, -0.05) is 102 Å². The van der Waals surface area contributed by atoms with Gasteiger partial charge in [0.2, 0.25) is 0 Å². The molecule has 4 rings (SSSR count). The lowest BCUT2D eigenvalue weighted by Gasteiger charge is -1.99. The van der Waals surface area contributed by atoms with Crippen LogP contribution < -0.4 is 9.47 Å². The minimum absolute atomic E-state index is 0. The fourth-order valence-electron chi connectivity index (χ4n) is 4.42. The maximum atomic E-state index is 9.10. The van der Waals surface area contributed by atoms with Crippen molar-refractivity contribution >= 4 is 57.5 Å².